The summed E-state index contributed by atoms with van der Waals surface area (Å²) < 4.78 is 0. The molecule has 1 amide bonds. The second-order valence-corrected chi connectivity index (χ2v) is 13.9. The van der Waals surface area contributed by atoms with Crippen molar-refractivity contribution in [2.24, 2.45) is 29.4 Å². The molecule has 0 aliphatic heterocycles. The van der Waals surface area contributed by atoms with Crippen molar-refractivity contribution in [2.75, 3.05) is 27.2 Å². The van der Waals surface area contributed by atoms with Crippen LogP contribution in [-0.2, 0) is 32.1 Å². The third-order valence-corrected chi connectivity index (χ3v) is 10.7. The predicted molar refractivity (Wildman–Crippen MR) is 180 cm³/mol. The molecule has 252 valence electrons. The molecule has 3 aliphatic rings. The Morgan fingerprint density at radius 3 is 2.19 bits per heavy atom. The van der Waals surface area contributed by atoms with Crippen LogP contribution in [0.4, 0.5) is 0 Å². The van der Waals surface area contributed by atoms with Crippen molar-refractivity contribution >= 4 is 39.8 Å². The van der Waals surface area contributed by atoms with E-state index in [1.165, 1.54) is 16.5 Å². The maximum Gasteiger partial charge on any atom is 0.235 e. The van der Waals surface area contributed by atoms with Gasteiger partial charge in [-0.05, 0) is 97.9 Å². The lowest BCUT2D eigenvalue weighted by molar-refractivity contribution is -0.181. The van der Waals surface area contributed by atoms with Gasteiger partial charge < -0.3 is 15.9 Å². The highest BCUT2D eigenvalue weighted by Crippen LogP contribution is 2.52. The Labute approximate surface area is 279 Å². The molecule has 3 aromatic carbocycles. The number of amides is 1. The molecule has 2 fully saturated rings. The molecule has 6 rings (SSSR count). The smallest absolute Gasteiger partial charge is 0.235 e. The van der Waals surface area contributed by atoms with Crippen molar-refractivity contribution in [3.63, 3.8) is 0 Å². The summed E-state index contributed by atoms with van der Waals surface area (Å²) in [6, 6.07) is 14.4. The lowest BCUT2D eigenvalue weighted by Gasteiger charge is -2.52. The molecule has 3 aliphatic carbocycles. The van der Waals surface area contributed by atoms with E-state index in [4.69, 9.17) is 5.73 Å². The number of primary amides is 1. The van der Waals surface area contributed by atoms with Crippen LogP contribution in [0.15, 0.2) is 48.5 Å². The maximum absolute atomic E-state index is 14.3. The van der Waals surface area contributed by atoms with Gasteiger partial charge in [-0.3, -0.25) is 33.8 Å². The van der Waals surface area contributed by atoms with Crippen LogP contribution in [0.1, 0.15) is 54.6 Å². The molecule has 0 bridgehead atoms. The summed E-state index contributed by atoms with van der Waals surface area (Å²) in [7, 11) is 3.15. The van der Waals surface area contributed by atoms with E-state index in [-0.39, 0.29) is 24.2 Å². The predicted octanol–water partition coefficient (Wildman–Crippen LogP) is 3.31. The minimum absolute atomic E-state index is 0.00334. The molecule has 10 heteroatoms. The molecule has 6 atom stereocenters. The Morgan fingerprint density at radius 1 is 0.917 bits per heavy atom. The summed E-state index contributed by atoms with van der Waals surface area (Å²) >= 11 is 0. The SMILES string of the molecule is CCCN(CCC)Cc1ccc(-c2ccc(O)c3c2C[C@@H]2C[C@@H]4C(N(C)C)C(=O)C(C(N)=O)C(=O)[C@]4(O)C(=O)C2C3=O)c2ccccc12. The number of fused-ring (bicyclic) bond motifs is 4. The Balaban J connectivity index is 1.46. The number of nitrogens with two attached hydrogens (primary N) is 1. The van der Waals surface area contributed by atoms with E-state index in [1.807, 2.05) is 24.3 Å². The van der Waals surface area contributed by atoms with Crippen LogP contribution in [0, 0.1) is 23.7 Å². The zero-order valence-corrected chi connectivity index (χ0v) is 27.9. The van der Waals surface area contributed by atoms with Crippen LogP contribution in [0.3, 0.4) is 0 Å². The molecule has 3 unspecified atom stereocenters. The summed E-state index contributed by atoms with van der Waals surface area (Å²) in [6.07, 6.45) is 2.31. The molecule has 2 saturated carbocycles. The molecular weight excluding hydrogens is 610 g/mol. The van der Waals surface area contributed by atoms with E-state index in [0.29, 0.717) is 5.56 Å². The number of likely N-dealkylation sites (N-methyl/N-ethyl adjacent to an activating group) is 1. The fraction of sp³-hybridized carbons (Fsp3) is 0.447. The fourth-order valence-electron chi connectivity index (χ4n) is 8.73. The van der Waals surface area contributed by atoms with Crippen molar-refractivity contribution in [1.29, 1.82) is 0 Å². The Bertz CT molecular complexity index is 1850. The average Bonchev–Trinajstić information content (AvgIpc) is 3.03. The highest BCUT2D eigenvalue weighted by atomic mass is 16.3. The van der Waals surface area contributed by atoms with Crippen molar-refractivity contribution in [3.05, 3.63) is 65.2 Å². The first-order chi connectivity index (χ1) is 22.9. The lowest BCUT2D eigenvalue weighted by atomic mass is 9.52. The van der Waals surface area contributed by atoms with Crippen molar-refractivity contribution in [2.45, 2.75) is 57.7 Å². The Morgan fingerprint density at radius 2 is 1.56 bits per heavy atom. The molecular formula is C38H43N3O7. The normalized spacial score (nSPS) is 26.9. The highest BCUT2D eigenvalue weighted by molar-refractivity contribution is 6.32. The van der Waals surface area contributed by atoms with Gasteiger partial charge in [0.05, 0.1) is 17.5 Å². The number of Topliss-reactive ketones (excluding diaryl/α,β-unsaturated/α-hetero) is 4. The van der Waals surface area contributed by atoms with Gasteiger partial charge in [-0.2, -0.15) is 0 Å². The number of benzene rings is 3. The zero-order valence-electron chi connectivity index (χ0n) is 27.9. The van der Waals surface area contributed by atoms with Gasteiger partial charge in [-0.25, -0.2) is 0 Å². The molecule has 4 N–H and O–H groups in total. The van der Waals surface area contributed by atoms with E-state index in [1.54, 1.807) is 20.2 Å². The number of aromatic hydroxyl groups is 1. The average molecular weight is 654 g/mol. The van der Waals surface area contributed by atoms with Crippen molar-refractivity contribution < 1.29 is 34.2 Å². The molecule has 0 saturated heterocycles. The third-order valence-electron chi connectivity index (χ3n) is 10.7. The van der Waals surface area contributed by atoms with Gasteiger partial charge in [-0.15, -0.1) is 0 Å². The van der Waals surface area contributed by atoms with Gasteiger partial charge >= 0.3 is 0 Å². The number of aliphatic hydroxyl groups is 1. The van der Waals surface area contributed by atoms with Crippen LogP contribution in [0.5, 0.6) is 5.75 Å². The van der Waals surface area contributed by atoms with E-state index >= 15 is 0 Å². The summed E-state index contributed by atoms with van der Waals surface area (Å²) in [4.78, 5) is 71.6. The molecule has 10 nitrogen and oxygen atoms in total. The second-order valence-electron chi connectivity index (χ2n) is 13.9. The van der Waals surface area contributed by atoms with Gasteiger partial charge in [0, 0.05) is 12.5 Å². The molecule has 3 aromatic rings. The molecule has 0 heterocycles. The monoisotopic (exact) mass is 653 g/mol. The number of carbonyl (C=O) groups is 5. The summed E-state index contributed by atoms with van der Waals surface area (Å²) in [5.74, 6) is -10.6. The standard InChI is InChI=1S/C38H43N3O7/c1-5-15-41(16-6-2)19-20-11-12-24(23-10-8-7-9-22(20)23)25-13-14-28(42)30-26(25)17-21-18-27-32(40(3)4)34(44)31(37(39)47)36(46)38(27,48)35(45)29(21)33(30)43/h7-14,21,27,29,31-32,42,48H,5-6,15-19H2,1-4H3,(H2,39,47)/t21-,27-,29?,31?,32?,38-/m1/s1. The first kappa shape index (κ1) is 33.6. The van der Waals surface area contributed by atoms with E-state index in [0.717, 1.165) is 54.4 Å². The van der Waals surface area contributed by atoms with Crippen molar-refractivity contribution in [1.82, 2.24) is 9.80 Å². The van der Waals surface area contributed by atoms with Crippen LogP contribution in [0.25, 0.3) is 21.9 Å². The van der Waals surface area contributed by atoms with E-state index in [2.05, 4.69) is 30.9 Å². The molecule has 0 spiro atoms. The largest absolute Gasteiger partial charge is 0.507 e. The first-order valence-electron chi connectivity index (χ1n) is 16.8. The van der Waals surface area contributed by atoms with Gasteiger partial charge in [-0.1, -0.05) is 56.3 Å². The number of hydrogen-bond acceptors (Lipinski definition) is 9. The quantitative estimate of drug-likeness (QED) is 0.295. The van der Waals surface area contributed by atoms with Gasteiger partial charge in [0.1, 0.15) is 5.75 Å². The minimum Gasteiger partial charge on any atom is -0.507 e. The maximum atomic E-state index is 14.3. The molecule has 0 aromatic heterocycles. The molecule has 0 radical (unpaired) electrons. The van der Waals surface area contributed by atoms with Gasteiger partial charge in [0.2, 0.25) is 5.91 Å². The Kier molecular flexibility index (Phi) is 8.87. The number of phenolic OH excluding ortho intramolecular Hbond substituents is 1. The van der Waals surface area contributed by atoms with Gasteiger partial charge in [0.15, 0.2) is 34.7 Å². The van der Waals surface area contributed by atoms with Crippen LogP contribution in [0.2, 0.25) is 0 Å². The van der Waals surface area contributed by atoms with Crippen LogP contribution in [-0.4, -0.2) is 87.9 Å². The summed E-state index contributed by atoms with van der Waals surface area (Å²) in [5, 5.41) is 25.0. The van der Waals surface area contributed by atoms with Gasteiger partial charge in [0.25, 0.3) is 0 Å². The minimum atomic E-state index is -2.75. The number of ketones is 4. The van der Waals surface area contributed by atoms with E-state index in [9.17, 15) is 34.2 Å². The van der Waals surface area contributed by atoms with E-state index < -0.39 is 64.4 Å². The first-order valence-corrected chi connectivity index (χ1v) is 16.8. The molecule has 48 heavy (non-hydrogen) atoms. The lowest BCUT2D eigenvalue weighted by Crippen LogP contribution is -2.74. The second kappa shape index (κ2) is 12.7. The topological polar surface area (TPSA) is 158 Å². The Hall–Kier alpha value is -4.25. The zero-order chi connectivity index (χ0) is 34.7. The summed E-state index contributed by atoms with van der Waals surface area (Å²) in [6.45, 7) is 7.12. The summed E-state index contributed by atoms with van der Waals surface area (Å²) in [5.41, 5.74) is 6.07. The fourth-order valence-corrected chi connectivity index (χ4v) is 8.73. The number of rotatable bonds is 9. The van der Waals surface area contributed by atoms with Crippen LogP contribution >= 0.6 is 0 Å². The third kappa shape index (κ3) is 5.09. The number of phenols is 1. The van der Waals surface area contributed by atoms with Crippen molar-refractivity contribution in [3.8, 4) is 16.9 Å². The number of carbonyl (C=O) groups excluding carboxylic acids is 5. The number of hydrogen-bond donors (Lipinski definition) is 3. The highest BCUT2D eigenvalue weighted by Gasteiger charge is 2.69. The number of nitrogens with zero attached hydrogens (tertiary/aromatic N) is 2. The van der Waals surface area contributed by atoms with Crippen LogP contribution < -0.4 is 5.73 Å².